The molecule has 0 amide bonds. The zero-order valence-electron chi connectivity index (χ0n) is 6.91. The van der Waals surface area contributed by atoms with Gasteiger partial charge in [-0.05, 0) is 6.07 Å². The minimum atomic E-state index is -1.14. The number of aromatic nitrogens is 3. The maximum atomic E-state index is 10.5. The van der Waals surface area contributed by atoms with Crippen LogP contribution in [0.15, 0.2) is 29.0 Å². The van der Waals surface area contributed by atoms with Crippen molar-refractivity contribution in [3.63, 3.8) is 0 Å². The maximum Gasteiger partial charge on any atom is 0.358 e. The normalized spacial score (nSPS) is 10.0. The molecule has 1 N–H and O–H groups in total. The van der Waals surface area contributed by atoms with Crippen LogP contribution in [0.2, 0.25) is 0 Å². The van der Waals surface area contributed by atoms with Crippen molar-refractivity contribution in [1.82, 2.24) is 15.1 Å². The predicted molar refractivity (Wildman–Crippen MR) is 44.5 cm³/mol. The molecule has 0 atom stereocenters. The van der Waals surface area contributed by atoms with Gasteiger partial charge in [-0.2, -0.15) is 0 Å². The summed E-state index contributed by atoms with van der Waals surface area (Å²) in [5, 5.41) is 11.9. The Morgan fingerprint density at radius 2 is 2.07 bits per heavy atom. The first kappa shape index (κ1) is 8.36. The highest BCUT2D eigenvalue weighted by atomic mass is 16.5. The summed E-state index contributed by atoms with van der Waals surface area (Å²) in [6.45, 7) is 0. The molecule has 0 spiro atoms. The molecule has 0 unspecified atom stereocenters. The Morgan fingerprint density at radius 1 is 1.36 bits per heavy atom. The highest BCUT2D eigenvalue weighted by Gasteiger charge is 2.13. The summed E-state index contributed by atoms with van der Waals surface area (Å²) in [6, 6.07) is 2.93. The molecule has 0 saturated heterocycles. The first-order valence-electron chi connectivity index (χ1n) is 3.75. The summed E-state index contributed by atoms with van der Waals surface area (Å²) in [5.41, 5.74) is -0.160. The third-order valence-corrected chi connectivity index (χ3v) is 1.52. The van der Waals surface area contributed by atoms with Gasteiger partial charge in [0.2, 0.25) is 5.76 Å². The lowest BCUT2D eigenvalue weighted by Gasteiger charge is -1.88. The van der Waals surface area contributed by atoms with E-state index in [0.29, 0.717) is 5.82 Å². The van der Waals surface area contributed by atoms with Crippen LogP contribution in [0.5, 0.6) is 0 Å². The average Bonchev–Trinajstić information content (AvgIpc) is 2.68. The summed E-state index contributed by atoms with van der Waals surface area (Å²) in [5.74, 6) is -0.591. The van der Waals surface area contributed by atoms with Gasteiger partial charge in [-0.3, -0.25) is 0 Å². The molecule has 2 aromatic heterocycles. The second kappa shape index (κ2) is 3.25. The molecular formula is C8H5N3O3. The molecule has 14 heavy (non-hydrogen) atoms. The molecule has 2 aromatic rings. The van der Waals surface area contributed by atoms with Gasteiger partial charge >= 0.3 is 5.97 Å². The second-order valence-electron chi connectivity index (χ2n) is 2.45. The highest BCUT2D eigenvalue weighted by Crippen LogP contribution is 2.14. The van der Waals surface area contributed by atoms with E-state index in [1.165, 1.54) is 18.5 Å². The van der Waals surface area contributed by atoms with Crippen molar-refractivity contribution in [2.24, 2.45) is 0 Å². The van der Waals surface area contributed by atoms with E-state index in [9.17, 15) is 4.79 Å². The van der Waals surface area contributed by atoms with Crippen molar-refractivity contribution in [3.05, 3.63) is 30.2 Å². The van der Waals surface area contributed by atoms with Gasteiger partial charge in [0, 0.05) is 18.5 Å². The molecule has 0 bridgehead atoms. The van der Waals surface area contributed by atoms with Gasteiger partial charge in [0.1, 0.15) is 0 Å². The lowest BCUT2D eigenvalue weighted by Crippen LogP contribution is -1.94. The topological polar surface area (TPSA) is 89.1 Å². The van der Waals surface area contributed by atoms with Gasteiger partial charge in [0.25, 0.3) is 0 Å². The average molecular weight is 191 g/mol. The van der Waals surface area contributed by atoms with Crippen LogP contribution in [0, 0.1) is 0 Å². The fourth-order valence-corrected chi connectivity index (χ4v) is 0.908. The van der Waals surface area contributed by atoms with E-state index < -0.39 is 5.97 Å². The Bertz CT molecular complexity index is 452. The van der Waals surface area contributed by atoms with E-state index in [4.69, 9.17) is 9.63 Å². The van der Waals surface area contributed by atoms with Crippen LogP contribution in [0.3, 0.4) is 0 Å². The van der Waals surface area contributed by atoms with Crippen LogP contribution in [0.25, 0.3) is 11.6 Å². The second-order valence-corrected chi connectivity index (χ2v) is 2.45. The Labute approximate surface area is 78.2 Å². The smallest absolute Gasteiger partial charge is 0.358 e. The largest absolute Gasteiger partial charge is 0.476 e. The van der Waals surface area contributed by atoms with Gasteiger partial charge in [0.05, 0.1) is 0 Å². The monoisotopic (exact) mass is 191 g/mol. The summed E-state index contributed by atoms with van der Waals surface area (Å²) >= 11 is 0. The van der Waals surface area contributed by atoms with Crippen LogP contribution >= 0.6 is 0 Å². The molecule has 6 heteroatoms. The lowest BCUT2D eigenvalue weighted by atomic mass is 10.3. The van der Waals surface area contributed by atoms with Crippen LogP contribution in [-0.4, -0.2) is 26.2 Å². The molecule has 6 nitrogen and oxygen atoms in total. The summed E-state index contributed by atoms with van der Waals surface area (Å²) in [7, 11) is 0. The minimum absolute atomic E-state index is 0.160. The molecule has 0 aliphatic rings. The van der Waals surface area contributed by atoms with Gasteiger partial charge in [0.15, 0.2) is 11.5 Å². The third kappa shape index (κ3) is 1.45. The Hall–Kier alpha value is -2.24. The fourth-order valence-electron chi connectivity index (χ4n) is 0.908. The van der Waals surface area contributed by atoms with Crippen molar-refractivity contribution in [3.8, 4) is 11.6 Å². The SMILES string of the molecule is O=C(O)c1cc(-c2ncccn2)on1. The van der Waals surface area contributed by atoms with E-state index in [1.54, 1.807) is 6.07 Å². The molecule has 0 aliphatic heterocycles. The van der Waals surface area contributed by atoms with E-state index in [0.717, 1.165) is 0 Å². The van der Waals surface area contributed by atoms with Gasteiger partial charge in [-0.25, -0.2) is 14.8 Å². The fraction of sp³-hybridized carbons (Fsp3) is 0. The Balaban J connectivity index is 2.39. The molecule has 0 aromatic carbocycles. The third-order valence-electron chi connectivity index (χ3n) is 1.52. The zero-order chi connectivity index (χ0) is 9.97. The quantitative estimate of drug-likeness (QED) is 0.756. The first-order valence-corrected chi connectivity index (χ1v) is 3.75. The van der Waals surface area contributed by atoms with Crippen LogP contribution in [0.1, 0.15) is 10.5 Å². The van der Waals surface area contributed by atoms with Crippen molar-refractivity contribution in [2.45, 2.75) is 0 Å². The summed E-state index contributed by atoms with van der Waals surface area (Å²) in [4.78, 5) is 18.2. The maximum absolute atomic E-state index is 10.5. The molecule has 2 heterocycles. The summed E-state index contributed by atoms with van der Waals surface area (Å²) < 4.78 is 4.76. The minimum Gasteiger partial charge on any atom is -0.476 e. The molecule has 0 radical (unpaired) electrons. The van der Waals surface area contributed by atoms with Crippen LogP contribution < -0.4 is 0 Å². The molecule has 0 aliphatic carbocycles. The molecule has 70 valence electrons. The highest BCUT2D eigenvalue weighted by molar-refractivity contribution is 5.86. The van der Waals surface area contributed by atoms with Crippen LogP contribution in [-0.2, 0) is 0 Å². The first-order chi connectivity index (χ1) is 6.77. The number of carboxylic acids is 1. The van der Waals surface area contributed by atoms with E-state index in [-0.39, 0.29) is 11.5 Å². The number of aromatic carboxylic acids is 1. The van der Waals surface area contributed by atoms with Gasteiger partial charge in [-0.1, -0.05) is 5.16 Å². The number of carboxylic acid groups (broad SMARTS) is 1. The molecular weight excluding hydrogens is 186 g/mol. The predicted octanol–water partition coefficient (Wildman–Crippen LogP) is 0.830. The number of carbonyl (C=O) groups is 1. The van der Waals surface area contributed by atoms with Gasteiger partial charge < -0.3 is 9.63 Å². The van der Waals surface area contributed by atoms with Crippen molar-refractivity contribution >= 4 is 5.97 Å². The standard InChI is InChI=1S/C8H5N3O3/c12-8(13)5-4-6(14-11-5)7-9-2-1-3-10-7/h1-4H,(H,12,13). The van der Waals surface area contributed by atoms with Gasteiger partial charge in [-0.15, -0.1) is 0 Å². The molecule has 2 rings (SSSR count). The molecule has 0 saturated carbocycles. The number of nitrogens with zero attached hydrogens (tertiary/aromatic N) is 3. The van der Waals surface area contributed by atoms with Crippen molar-refractivity contribution in [2.75, 3.05) is 0 Å². The van der Waals surface area contributed by atoms with Crippen LogP contribution in [0.4, 0.5) is 0 Å². The van der Waals surface area contributed by atoms with E-state index in [2.05, 4.69) is 15.1 Å². The van der Waals surface area contributed by atoms with E-state index >= 15 is 0 Å². The number of rotatable bonds is 2. The lowest BCUT2D eigenvalue weighted by molar-refractivity contribution is 0.0686. The zero-order valence-corrected chi connectivity index (χ0v) is 6.91. The van der Waals surface area contributed by atoms with Crippen molar-refractivity contribution in [1.29, 1.82) is 0 Å². The Kier molecular flexibility index (Phi) is 1.94. The van der Waals surface area contributed by atoms with Crippen molar-refractivity contribution < 1.29 is 14.4 Å². The number of hydrogen-bond acceptors (Lipinski definition) is 5. The Morgan fingerprint density at radius 3 is 2.64 bits per heavy atom. The summed E-state index contributed by atoms with van der Waals surface area (Å²) in [6.07, 6.45) is 3.07. The molecule has 0 fully saturated rings. The number of hydrogen-bond donors (Lipinski definition) is 1. The van der Waals surface area contributed by atoms with E-state index in [1.807, 2.05) is 0 Å².